The molecule has 1 aliphatic rings. The maximum absolute atomic E-state index is 2.54. The summed E-state index contributed by atoms with van der Waals surface area (Å²) in [6, 6.07) is 0.706. The van der Waals surface area contributed by atoms with E-state index in [2.05, 4.69) is 42.8 Å². The molecule has 1 aliphatic heterocycles. The maximum atomic E-state index is 2.54. The summed E-state index contributed by atoms with van der Waals surface area (Å²) in [6.45, 7) is 11.5. The average molecular weight is 182 g/mol. The Bertz CT molecular complexity index is 155. The van der Waals surface area contributed by atoms with Gasteiger partial charge in [0, 0.05) is 32.2 Å². The first-order chi connectivity index (χ1) is 6.24. The van der Waals surface area contributed by atoms with Crippen molar-refractivity contribution in [1.29, 1.82) is 0 Å². The molecule has 0 aliphatic carbocycles. The summed E-state index contributed by atoms with van der Waals surface area (Å²) in [7, 11) is 0. The topological polar surface area (TPSA) is 6.48 Å². The molecule has 0 amide bonds. The Morgan fingerprint density at radius 2 is 1.77 bits per heavy atom. The van der Waals surface area contributed by atoms with Gasteiger partial charge in [-0.1, -0.05) is 13.0 Å². The van der Waals surface area contributed by atoms with E-state index in [-0.39, 0.29) is 0 Å². The van der Waals surface area contributed by atoms with Crippen LogP contribution in [0.5, 0.6) is 0 Å². The lowest BCUT2D eigenvalue weighted by Gasteiger charge is -2.36. The highest BCUT2D eigenvalue weighted by Crippen LogP contribution is 2.05. The number of rotatable bonds is 3. The molecule has 0 bridgehead atoms. The van der Waals surface area contributed by atoms with Crippen molar-refractivity contribution in [3.8, 4) is 0 Å². The van der Waals surface area contributed by atoms with E-state index in [9.17, 15) is 0 Å². The third-order valence-electron chi connectivity index (χ3n) is 2.63. The van der Waals surface area contributed by atoms with Crippen LogP contribution in [0.25, 0.3) is 0 Å². The van der Waals surface area contributed by atoms with E-state index in [4.69, 9.17) is 0 Å². The van der Waals surface area contributed by atoms with Crippen molar-refractivity contribution in [3.05, 3.63) is 12.3 Å². The predicted octanol–water partition coefficient (Wildman–Crippen LogP) is 1.94. The van der Waals surface area contributed by atoms with Gasteiger partial charge in [0.15, 0.2) is 0 Å². The molecular formula is C11H22N2. The first-order valence-corrected chi connectivity index (χ1v) is 5.38. The number of hydrogen-bond acceptors (Lipinski definition) is 2. The lowest BCUT2D eigenvalue weighted by atomic mass is 10.2. The summed E-state index contributed by atoms with van der Waals surface area (Å²) in [6.07, 6.45) is 5.63. The zero-order valence-corrected chi connectivity index (χ0v) is 9.16. The van der Waals surface area contributed by atoms with Gasteiger partial charge in [0.25, 0.3) is 0 Å². The van der Waals surface area contributed by atoms with E-state index < -0.39 is 0 Å². The first kappa shape index (κ1) is 10.6. The lowest BCUT2D eigenvalue weighted by molar-refractivity contribution is 0.137. The van der Waals surface area contributed by atoms with Crippen LogP contribution in [0, 0.1) is 0 Å². The van der Waals surface area contributed by atoms with Gasteiger partial charge < -0.3 is 4.90 Å². The molecule has 0 radical (unpaired) electrons. The highest BCUT2D eigenvalue weighted by Gasteiger charge is 2.15. The van der Waals surface area contributed by atoms with Crippen molar-refractivity contribution in [2.75, 3.05) is 26.2 Å². The van der Waals surface area contributed by atoms with Crippen molar-refractivity contribution >= 4 is 0 Å². The lowest BCUT2D eigenvalue weighted by Crippen LogP contribution is -2.46. The molecule has 0 unspecified atom stereocenters. The average Bonchev–Trinajstić information content (AvgIpc) is 2.15. The molecule has 76 valence electrons. The van der Waals surface area contributed by atoms with Gasteiger partial charge in [-0.05, 0) is 26.5 Å². The molecule has 0 aromatic heterocycles. The summed E-state index contributed by atoms with van der Waals surface area (Å²) in [5.74, 6) is 0. The Hall–Kier alpha value is -0.500. The molecular weight excluding hydrogens is 160 g/mol. The Labute approximate surface area is 82.2 Å². The molecule has 1 saturated heterocycles. The van der Waals surface area contributed by atoms with Gasteiger partial charge in [-0.2, -0.15) is 0 Å². The normalized spacial score (nSPS) is 20.5. The summed E-state index contributed by atoms with van der Waals surface area (Å²) in [4.78, 5) is 4.96. The molecule has 0 aromatic carbocycles. The third-order valence-corrected chi connectivity index (χ3v) is 2.63. The number of allylic oxidation sites excluding steroid dienone is 1. The van der Waals surface area contributed by atoms with Crippen LogP contribution in [0.1, 0.15) is 27.2 Å². The highest BCUT2D eigenvalue weighted by atomic mass is 15.3. The fourth-order valence-electron chi connectivity index (χ4n) is 1.66. The molecule has 0 saturated carbocycles. The van der Waals surface area contributed by atoms with Gasteiger partial charge in [-0.15, -0.1) is 0 Å². The number of hydrogen-bond donors (Lipinski definition) is 0. The Morgan fingerprint density at radius 1 is 1.15 bits per heavy atom. The van der Waals surface area contributed by atoms with Crippen LogP contribution in [0.2, 0.25) is 0 Å². The second-order valence-electron chi connectivity index (χ2n) is 3.96. The standard InChI is InChI=1S/C11H22N2/c1-4-5-6-12-7-9-13(10-8-12)11(2)3/h5-6,11H,4,7-10H2,1-3H3. The molecule has 1 fully saturated rings. The molecule has 2 nitrogen and oxygen atoms in total. The van der Waals surface area contributed by atoms with E-state index in [0.29, 0.717) is 6.04 Å². The first-order valence-electron chi connectivity index (χ1n) is 5.38. The fourth-order valence-corrected chi connectivity index (χ4v) is 1.66. The van der Waals surface area contributed by atoms with E-state index in [1.54, 1.807) is 0 Å². The third kappa shape index (κ3) is 3.39. The smallest absolute Gasteiger partial charge is 0.0300 e. The Balaban J connectivity index is 2.26. The minimum absolute atomic E-state index is 0.706. The van der Waals surface area contributed by atoms with E-state index in [1.165, 1.54) is 26.2 Å². The fraction of sp³-hybridized carbons (Fsp3) is 0.818. The monoisotopic (exact) mass is 182 g/mol. The molecule has 13 heavy (non-hydrogen) atoms. The van der Waals surface area contributed by atoms with Crippen LogP contribution in [0.3, 0.4) is 0 Å². The van der Waals surface area contributed by atoms with Crippen LogP contribution >= 0.6 is 0 Å². The van der Waals surface area contributed by atoms with Gasteiger partial charge in [-0.3, -0.25) is 4.90 Å². The number of nitrogens with zero attached hydrogens (tertiary/aromatic N) is 2. The molecule has 0 N–H and O–H groups in total. The van der Waals surface area contributed by atoms with E-state index >= 15 is 0 Å². The van der Waals surface area contributed by atoms with Crippen LogP contribution in [-0.4, -0.2) is 42.0 Å². The molecule has 2 heteroatoms. The van der Waals surface area contributed by atoms with Gasteiger partial charge >= 0.3 is 0 Å². The maximum Gasteiger partial charge on any atom is 0.0300 e. The van der Waals surface area contributed by atoms with E-state index in [1.807, 2.05) is 0 Å². The molecule has 0 spiro atoms. The Kier molecular flexibility index (Phi) is 4.29. The zero-order valence-electron chi connectivity index (χ0n) is 9.16. The summed E-state index contributed by atoms with van der Waals surface area (Å²) in [5.41, 5.74) is 0. The van der Waals surface area contributed by atoms with Crippen LogP contribution in [0.15, 0.2) is 12.3 Å². The van der Waals surface area contributed by atoms with Crippen molar-refractivity contribution < 1.29 is 0 Å². The second-order valence-corrected chi connectivity index (χ2v) is 3.96. The predicted molar refractivity (Wildman–Crippen MR) is 57.7 cm³/mol. The number of piperazine rings is 1. The molecule has 1 heterocycles. The quantitative estimate of drug-likeness (QED) is 0.658. The van der Waals surface area contributed by atoms with Crippen molar-refractivity contribution in [1.82, 2.24) is 9.80 Å². The Morgan fingerprint density at radius 3 is 2.23 bits per heavy atom. The summed E-state index contributed by atoms with van der Waals surface area (Å²) >= 11 is 0. The summed E-state index contributed by atoms with van der Waals surface area (Å²) in [5, 5.41) is 0. The van der Waals surface area contributed by atoms with Gasteiger partial charge in [0.2, 0.25) is 0 Å². The molecule has 1 rings (SSSR count). The van der Waals surface area contributed by atoms with Crippen molar-refractivity contribution in [2.24, 2.45) is 0 Å². The molecule has 0 atom stereocenters. The minimum atomic E-state index is 0.706. The zero-order chi connectivity index (χ0) is 9.68. The van der Waals surface area contributed by atoms with Crippen molar-refractivity contribution in [3.63, 3.8) is 0 Å². The van der Waals surface area contributed by atoms with Crippen molar-refractivity contribution in [2.45, 2.75) is 33.2 Å². The van der Waals surface area contributed by atoms with Gasteiger partial charge in [0.1, 0.15) is 0 Å². The second kappa shape index (κ2) is 5.28. The molecule has 0 aromatic rings. The van der Waals surface area contributed by atoms with Gasteiger partial charge in [-0.25, -0.2) is 0 Å². The van der Waals surface area contributed by atoms with Crippen LogP contribution in [-0.2, 0) is 0 Å². The van der Waals surface area contributed by atoms with E-state index in [0.717, 1.165) is 6.42 Å². The van der Waals surface area contributed by atoms with Crippen LogP contribution in [0.4, 0.5) is 0 Å². The largest absolute Gasteiger partial charge is 0.375 e. The summed E-state index contributed by atoms with van der Waals surface area (Å²) < 4.78 is 0. The SMILES string of the molecule is CCC=CN1CCN(C(C)C)CC1. The highest BCUT2D eigenvalue weighted by molar-refractivity contribution is 4.85. The van der Waals surface area contributed by atoms with Gasteiger partial charge in [0.05, 0.1) is 0 Å². The van der Waals surface area contributed by atoms with Crippen LogP contribution < -0.4 is 0 Å². The minimum Gasteiger partial charge on any atom is -0.375 e.